The van der Waals surface area contributed by atoms with Crippen molar-refractivity contribution in [3.05, 3.63) is 29.0 Å². The van der Waals surface area contributed by atoms with E-state index in [1.54, 1.807) is 19.2 Å². The minimum Gasteiger partial charge on any atom is -0.466 e. The van der Waals surface area contributed by atoms with Gasteiger partial charge in [-0.25, -0.2) is 4.98 Å². The van der Waals surface area contributed by atoms with Gasteiger partial charge in [0.25, 0.3) is 0 Å². The summed E-state index contributed by atoms with van der Waals surface area (Å²) in [5.41, 5.74) is -0.0976. The molecule has 1 aromatic rings. The van der Waals surface area contributed by atoms with Crippen molar-refractivity contribution in [2.75, 3.05) is 6.61 Å². The number of hydrogen-bond acceptors (Lipinski definition) is 5. The summed E-state index contributed by atoms with van der Waals surface area (Å²) in [4.78, 5) is 16.0. The van der Waals surface area contributed by atoms with E-state index in [9.17, 15) is 4.79 Å². The van der Waals surface area contributed by atoms with Crippen molar-refractivity contribution < 1.29 is 18.8 Å². The van der Waals surface area contributed by atoms with E-state index in [1.807, 2.05) is 33.8 Å². The molecule has 0 aliphatic carbocycles. The molecule has 1 aliphatic heterocycles. The van der Waals surface area contributed by atoms with Crippen LogP contribution in [0.4, 0.5) is 0 Å². The Morgan fingerprint density at radius 3 is 2.48 bits per heavy atom. The zero-order chi connectivity index (χ0) is 17.3. The van der Waals surface area contributed by atoms with E-state index in [-0.39, 0.29) is 18.2 Å². The Morgan fingerprint density at radius 1 is 1.35 bits per heavy atom. The Balaban J connectivity index is 2.29. The summed E-state index contributed by atoms with van der Waals surface area (Å²) in [6, 6.07) is 3.55. The number of halogens is 1. The number of ether oxygens (including phenoxy) is 1. The fourth-order valence-electron chi connectivity index (χ4n) is 2.47. The molecule has 7 heteroatoms. The van der Waals surface area contributed by atoms with Gasteiger partial charge in [0.15, 0.2) is 0 Å². The van der Waals surface area contributed by atoms with Crippen molar-refractivity contribution in [2.24, 2.45) is 0 Å². The molecule has 1 unspecified atom stereocenters. The average molecular weight is 340 g/mol. The number of aromatic nitrogens is 1. The van der Waals surface area contributed by atoms with Crippen molar-refractivity contribution in [3.8, 4) is 0 Å². The van der Waals surface area contributed by atoms with E-state index >= 15 is 0 Å². The molecule has 0 saturated carbocycles. The van der Waals surface area contributed by atoms with E-state index in [0.717, 1.165) is 5.56 Å². The van der Waals surface area contributed by atoms with Gasteiger partial charge in [0, 0.05) is 12.0 Å². The van der Waals surface area contributed by atoms with Crippen LogP contribution in [0.1, 0.15) is 52.4 Å². The van der Waals surface area contributed by atoms with Gasteiger partial charge < -0.3 is 14.0 Å². The molecule has 126 valence electrons. The number of pyridine rings is 1. The first-order chi connectivity index (χ1) is 10.7. The molecule has 1 atom stereocenters. The van der Waals surface area contributed by atoms with E-state index in [4.69, 9.17) is 25.6 Å². The third kappa shape index (κ3) is 4.05. The van der Waals surface area contributed by atoms with Crippen molar-refractivity contribution in [1.82, 2.24) is 4.98 Å². The lowest BCUT2D eigenvalue weighted by atomic mass is 9.66. The second-order valence-corrected chi connectivity index (χ2v) is 7.04. The van der Waals surface area contributed by atoms with E-state index in [0.29, 0.717) is 11.8 Å². The lowest BCUT2D eigenvalue weighted by Crippen LogP contribution is -2.41. The summed E-state index contributed by atoms with van der Waals surface area (Å²) in [7, 11) is -0.553. The predicted molar refractivity (Wildman–Crippen MR) is 89.3 cm³/mol. The molecule has 0 bridgehead atoms. The van der Waals surface area contributed by atoms with Crippen LogP contribution in [0, 0.1) is 0 Å². The largest absolute Gasteiger partial charge is 0.466 e. The van der Waals surface area contributed by atoms with Gasteiger partial charge in [-0.1, -0.05) is 11.6 Å². The maximum Gasteiger partial charge on any atom is 0.466 e. The summed E-state index contributed by atoms with van der Waals surface area (Å²) < 4.78 is 17.3. The first-order valence-corrected chi connectivity index (χ1v) is 8.17. The summed E-state index contributed by atoms with van der Waals surface area (Å²) in [6.45, 7) is 10.0. The number of carbonyl (C=O) groups excluding carboxylic acids is 1. The average Bonchev–Trinajstić information content (AvgIpc) is 2.65. The van der Waals surface area contributed by atoms with Crippen molar-refractivity contribution in [1.29, 1.82) is 0 Å². The zero-order valence-electron chi connectivity index (χ0n) is 14.3. The van der Waals surface area contributed by atoms with Crippen LogP contribution in [0.25, 0.3) is 0 Å². The summed E-state index contributed by atoms with van der Waals surface area (Å²) >= 11 is 6.00. The molecule has 1 aromatic heterocycles. The molecule has 0 spiro atoms. The Hall–Kier alpha value is -1.11. The van der Waals surface area contributed by atoms with Crippen LogP contribution in [0.2, 0.25) is 5.15 Å². The first-order valence-electron chi connectivity index (χ1n) is 7.79. The number of hydrogen-bond donors (Lipinski definition) is 0. The molecule has 0 aromatic carbocycles. The highest BCUT2D eigenvalue weighted by Gasteiger charge is 2.54. The second-order valence-electron chi connectivity index (χ2n) is 6.65. The molecule has 0 N–H and O–H groups in total. The molecule has 1 aliphatic rings. The van der Waals surface area contributed by atoms with Crippen LogP contribution in [-0.4, -0.2) is 35.9 Å². The third-order valence-corrected chi connectivity index (χ3v) is 4.68. The Labute approximate surface area is 142 Å². The number of carbonyl (C=O) groups is 1. The van der Waals surface area contributed by atoms with Gasteiger partial charge in [-0.3, -0.25) is 4.79 Å². The van der Waals surface area contributed by atoms with Crippen molar-refractivity contribution >= 4 is 24.7 Å². The van der Waals surface area contributed by atoms with Crippen LogP contribution in [0.5, 0.6) is 0 Å². The predicted octanol–water partition coefficient (Wildman–Crippen LogP) is 3.40. The molecule has 1 fully saturated rings. The first kappa shape index (κ1) is 18.2. The molecular formula is C16H23BClNO4. The monoisotopic (exact) mass is 339 g/mol. The summed E-state index contributed by atoms with van der Waals surface area (Å²) in [5.74, 6) is -0.601. The minimum atomic E-state index is -0.553. The number of nitrogens with zero attached hydrogens (tertiary/aromatic N) is 1. The Kier molecular flexibility index (Phi) is 5.39. The van der Waals surface area contributed by atoms with Crippen LogP contribution >= 0.6 is 11.6 Å². The van der Waals surface area contributed by atoms with Crippen LogP contribution in [0.3, 0.4) is 0 Å². The fraction of sp³-hybridized carbons (Fsp3) is 0.625. The Morgan fingerprint density at radius 2 is 1.96 bits per heavy atom. The second kappa shape index (κ2) is 6.79. The van der Waals surface area contributed by atoms with Crippen LogP contribution < -0.4 is 0 Å². The highest BCUT2D eigenvalue weighted by molar-refractivity contribution is 6.48. The normalized spacial score (nSPS) is 20.3. The van der Waals surface area contributed by atoms with Crippen LogP contribution in [-0.2, 0) is 18.8 Å². The van der Waals surface area contributed by atoms with Gasteiger partial charge >= 0.3 is 13.1 Å². The third-order valence-electron chi connectivity index (χ3n) is 4.47. The molecule has 0 amide bonds. The van der Waals surface area contributed by atoms with Gasteiger partial charge in [0.1, 0.15) is 5.15 Å². The molecular weight excluding hydrogens is 316 g/mol. The quantitative estimate of drug-likeness (QED) is 0.467. The molecule has 5 nitrogen and oxygen atoms in total. The number of esters is 1. The zero-order valence-corrected chi connectivity index (χ0v) is 15.0. The molecule has 23 heavy (non-hydrogen) atoms. The maximum absolute atomic E-state index is 12.0. The van der Waals surface area contributed by atoms with E-state index in [2.05, 4.69) is 4.98 Å². The molecule has 2 heterocycles. The van der Waals surface area contributed by atoms with E-state index < -0.39 is 18.3 Å². The SMILES string of the molecule is CCOC(=O)CC(B1OC(C)(C)C(C)(C)O1)c1ccnc(Cl)c1. The minimum absolute atomic E-state index is 0.158. The molecule has 0 radical (unpaired) electrons. The van der Waals surface area contributed by atoms with Gasteiger partial charge in [0.2, 0.25) is 0 Å². The van der Waals surface area contributed by atoms with E-state index in [1.165, 1.54) is 0 Å². The summed E-state index contributed by atoms with van der Waals surface area (Å²) in [5, 5.41) is 0.368. The topological polar surface area (TPSA) is 57.7 Å². The Bertz CT molecular complexity index is 563. The fourth-order valence-corrected chi connectivity index (χ4v) is 2.65. The standard InChI is InChI=1S/C16H23BClNO4/c1-6-21-14(20)10-12(11-7-8-19-13(18)9-11)17-22-15(2,3)16(4,5)23-17/h7-9,12H,6,10H2,1-5H3. The van der Waals surface area contributed by atoms with Gasteiger partial charge in [0.05, 0.1) is 24.2 Å². The van der Waals surface area contributed by atoms with Gasteiger partial charge in [-0.15, -0.1) is 0 Å². The lowest BCUT2D eigenvalue weighted by Gasteiger charge is -2.32. The smallest absolute Gasteiger partial charge is 0.466 e. The van der Waals surface area contributed by atoms with Gasteiger partial charge in [-0.2, -0.15) is 0 Å². The van der Waals surface area contributed by atoms with Gasteiger partial charge in [-0.05, 0) is 52.3 Å². The number of rotatable bonds is 5. The van der Waals surface area contributed by atoms with Crippen molar-refractivity contribution in [2.45, 2.75) is 58.1 Å². The highest BCUT2D eigenvalue weighted by atomic mass is 35.5. The summed E-state index contributed by atoms with van der Waals surface area (Å²) in [6.07, 6.45) is 1.77. The molecule has 2 rings (SSSR count). The maximum atomic E-state index is 12.0. The lowest BCUT2D eigenvalue weighted by molar-refractivity contribution is -0.143. The van der Waals surface area contributed by atoms with Crippen LogP contribution in [0.15, 0.2) is 18.3 Å². The highest BCUT2D eigenvalue weighted by Crippen LogP contribution is 2.41. The molecule has 1 saturated heterocycles. The van der Waals surface area contributed by atoms with Crippen molar-refractivity contribution in [3.63, 3.8) is 0 Å².